The van der Waals surface area contributed by atoms with Crippen molar-refractivity contribution in [1.29, 1.82) is 0 Å². The standard InChI is InChI=1S/C15H17ClN2O/c1-11(2)7-8-18-9-12(10-19)15(17-18)13-5-3-4-6-14(13)16/h3-6,9-11H,7-8H2,1-2H3. The third kappa shape index (κ3) is 3.24. The fourth-order valence-corrected chi connectivity index (χ4v) is 2.12. The van der Waals surface area contributed by atoms with Gasteiger partial charge in [0.2, 0.25) is 0 Å². The van der Waals surface area contributed by atoms with Crippen LogP contribution in [-0.2, 0) is 6.54 Å². The van der Waals surface area contributed by atoms with Crippen LogP contribution in [0.25, 0.3) is 11.3 Å². The Balaban J connectivity index is 2.35. The number of aryl methyl sites for hydroxylation is 1. The number of rotatable bonds is 5. The SMILES string of the molecule is CC(C)CCn1cc(C=O)c(-c2ccccc2Cl)n1. The lowest BCUT2D eigenvalue weighted by Gasteiger charge is -2.04. The molecule has 0 fully saturated rings. The van der Waals surface area contributed by atoms with Gasteiger partial charge < -0.3 is 0 Å². The van der Waals surface area contributed by atoms with Gasteiger partial charge in [0.25, 0.3) is 0 Å². The zero-order chi connectivity index (χ0) is 13.8. The molecule has 0 bridgehead atoms. The Morgan fingerprint density at radius 1 is 1.37 bits per heavy atom. The second kappa shape index (κ2) is 6.02. The molecule has 0 aliphatic heterocycles. The summed E-state index contributed by atoms with van der Waals surface area (Å²) >= 11 is 6.16. The van der Waals surface area contributed by atoms with Gasteiger partial charge in [-0.25, -0.2) is 0 Å². The van der Waals surface area contributed by atoms with Gasteiger partial charge in [-0.15, -0.1) is 0 Å². The highest BCUT2D eigenvalue weighted by Crippen LogP contribution is 2.28. The highest BCUT2D eigenvalue weighted by molar-refractivity contribution is 6.33. The first-order chi connectivity index (χ1) is 9.11. The van der Waals surface area contributed by atoms with Crippen LogP contribution >= 0.6 is 11.6 Å². The van der Waals surface area contributed by atoms with Gasteiger partial charge in [0.1, 0.15) is 5.69 Å². The van der Waals surface area contributed by atoms with Crippen LogP contribution in [0.3, 0.4) is 0 Å². The summed E-state index contributed by atoms with van der Waals surface area (Å²) in [6.07, 6.45) is 3.65. The van der Waals surface area contributed by atoms with E-state index in [0.717, 1.165) is 24.8 Å². The zero-order valence-electron chi connectivity index (χ0n) is 11.1. The Hall–Kier alpha value is -1.61. The molecule has 0 saturated heterocycles. The largest absolute Gasteiger partial charge is 0.298 e. The van der Waals surface area contributed by atoms with Crippen LogP contribution in [0.5, 0.6) is 0 Å². The number of hydrogen-bond acceptors (Lipinski definition) is 2. The van der Waals surface area contributed by atoms with Crippen LogP contribution in [0.1, 0.15) is 30.6 Å². The number of carbonyl (C=O) groups excluding carboxylic acids is 1. The Morgan fingerprint density at radius 3 is 2.74 bits per heavy atom. The molecule has 0 saturated carbocycles. The highest BCUT2D eigenvalue weighted by atomic mass is 35.5. The van der Waals surface area contributed by atoms with Crippen LogP contribution in [0.4, 0.5) is 0 Å². The fraction of sp³-hybridized carbons (Fsp3) is 0.333. The van der Waals surface area contributed by atoms with Gasteiger partial charge in [-0.05, 0) is 18.4 Å². The summed E-state index contributed by atoms with van der Waals surface area (Å²) in [7, 11) is 0. The number of aldehydes is 1. The first-order valence-electron chi connectivity index (χ1n) is 6.39. The molecule has 3 nitrogen and oxygen atoms in total. The van der Waals surface area contributed by atoms with E-state index in [1.54, 1.807) is 12.3 Å². The molecule has 0 atom stereocenters. The molecule has 4 heteroatoms. The van der Waals surface area contributed by atoms with Gasteiger partial charge in [0.15, 0.2) is 6.29 Å². The maximum Gasteiger partial charge on any atom is 0.153 e. The maximum absolute atomic E-state index is 11.2. The van der Waals surface area contributed by atoms with E-state index in [0.29, 0.717) is 22.2 Å². The van der Waals surface area contributed by atoms with Gasteiger partial charge in [-0.1, -0.05) is 43.6 Å². The molecule has 0 radical (unpaired) electrons. The van der Waals surface area contributed by atoms with Crippen LogP contribution in [0.2, 0.25) is 5.02 Å². The summed E-state index contributed by atoms with van der Waals surface area (Å²) in [5, 5.41) is 5.10. The van der Waals surface area contributed by atoms with Gasteiger partial charge in [0, 0.05) is 18.3 Å². The van der Waals surface area contributed by atoms with Gasteiger partial charge in [-0.3, -0.25) is 9.48 Å². The van der Waals surface area contributed by atoms with Crippen molar-refractivity contribution >= 4 is 17.9 Å². The van der Waals surface area contributed by atoms with Crippen molar-refractivity contribution in [3.8, 4) is 11.3 Å². The monoisotopic (exact) mass is 276 g/mol. The van der Waals surface area contributed by atoms with Crippen molar-refractivity contribution < 1.29 is 4.79 Å². The molecule has 0 amide bonds. The number of carbonyl (C=O) groups is 1. The molecule has 2 rings (SSSR count). The molecule has 0 aliphatic rings. The van der Waals surface area contributed by atoms with Crippen LogP contribution in [0.15, 0.2) is 30.5 Å². The van der Waals surface area contributed by atoms with E-state index < -0.39 is 0 Å². The quantitative estimate of drug-likeness (QED) is 0.772. The average Bonchev–Trinajstić information content (AvgIpc) is 2.80. The second-order valence-electron chi connectivity index (χ2n) is 4.98. The molecule has 2 aromatic rings. The molecule has 19 heavy (non-hydrogen) atoms. The number of aromatic nitrogens is 2. The van der Waals surface area contributed by atoms with Crippen molar-refractivity contribution in [3.05, 3.63) is 41.0 Å². The minimum absolute atomic E-state index is 0.580. The number of hydrogen-bond donors (Lipinski definition) is 0. The normalized spacial score (nSPS) is 10.9. The Morgan fingerprint density at radius 2 is 2.11 bits per heavy atom. The lowest BCUT2D eigenvalue weighted by atomic mass is 10.1. The van der Waals surface area contributed by atoms with Crippen LogP contribution in [0, 0.1) is 5.92 Å². The van der Waals surface area contributed by atoms with Crippen molar-refractivity contribution in [2.75, 3.05) is 0 Å². The number of nitrogens with zero attached hydrogens (tertiary/aromatic N) is 2. The van der Waals surface area contributed by atoms with Gasteiger partial charge >= 0.3 is 0 Å². The predicted octanol–water partition coefficient (Wildman–Crippen LogP) is 4.06. The third-order valence-electron chi connectivity index (χ3n) is 2.98. The van der Waals surface area contributed by atoms with Crippen LogP contribution in [-0.4, -0.2) is 16.1 Å². The Kier molecular flexibility index (Phi) is 4.38. The minimum atomic E-state index is 0.580. The summed E-state index contributed by atoms with van der Waals surface area (Å²) in [6, 6.07) is 7.44. The van der Waals surface area contributed by atoms with Gasteiger partial charge in [0.05, 0.1) is 10.6 Å². The van der Waals surface area contributed by atoms with E-state index in [9.17, 15) is 4.79 Å². The van der Waals surface area contributed by atoms with E-state index in [1.165, 1.54) is 0 Å². The highest BCUT2D eigenvalue weighted by Gasteiger charge is 2.13. The number of halogens is 1. The Bertz CT molecular complexity index is 575. The summed E-state index contributed by atoms with van der Waals surface area (Å²) in [5.74, 6) is 0.604. The lowest BCUT2D eigenvalue weighted by molar-refractivity contribution is 0.112. The molecule has 0 unspecified atom stereocenters. The van der Waals surface area contributed by atoms with Gasteiger partial charge in [-0.2, -0.15) is 5.10 Å². The molecular formula is C15H17ClN2O. The van der Waals surface area contributed by atoms with Crippen molar-refractivity contribution in [2.24, 2.45) is 5.92 Å². The molecule has 1 aromatic carbocycles. The summed E-state index contributed by atoms with van der Waals surface area (Å²) in [4.78, 5) is 11.2. The molecule has 0 spiro atoms. The summed E-state index contributed by atoms with van der Waals surface area (Å²) in [6.45, 7) is 5.14. The third-order valence-corrected chi connectivity index (χ3v) is 3.31. The van der Waals surface area contributed by atoms with Crippen LogP contribution < -0.4 is 0 Å². The second-order valence-corrected chi connectivity index (χ2v) is 5.38. The van der Waals surface area contributed by atoms with E-state index >= 15 is 0 Å². The lowest BCUT2D eigenvalue weighted by Crippen LogP contribution is -2.02. The van der Waals surface area contributed by atoms with Crippen molar-refractivity contribution in [3.63, 3.8) is 0 Å². The summed E-state index contributed by atoms with van der Waals surface area (Å²) < 4.78 is 1.82. The molecule has 1 heterocycles. The predicted molar refractivity (Wildman–Crippen MR) is 77.5 cm³/mol. The first-order valence-corrected chi connectivity index (χ1v) is 6.77. The van der Waals surface area contributed by atoms with Crippen molar-refractivity contribution in [1.82, 2.24) is 9.78 Å². The number of benzene rings is 1. The Labute approximate surface area is 118 Å². The molecular weight excluding hydrogens is 260 g/mol. The summed E-state index contributed by atoms with van der Waals surface area (Å²) in [5.41, 5.74) is 2.04. The smallest absolute Gasteiger partial charge is 0.153 e. The maximum atomic E-state index is 11.2. The average molecular weight is 277 g/mol. The fourth-order valence-electron chi connectivity index (χ4n) is 1.89. The topological polar surface area (TPSA) is 34.9 Å². The first kappa shape index (κ1) is 13.8. The molecule has 1 aromatic heterocycles. The van der Waals surface area contributed by atoms with E-state index in [1.807, 2.05) is 22.9 Å². The molecule has 100 valence electrons. The van der Waals surface area contributed by atoms with E-state index in [2.05, 4.69) is 18.9 Å². The minimum Gasteiger partial charge on any atom is -0.298 e. The van der Waals surface area contributed by atoms with Crippen molar-refractivity contribution in [2.45, 2.75) is 26.8 Å². The zero-order valence-corrected chi connectivity index (χ0v) is 11.9. The molecule has 0 aliphatic carbocycles. The molecule has 0 N–H and O–H groups in total. The van der Waals surface area contributed by atoms with E-state index in [4.69, 9.17) is 11.6 Å². The van der Waals surface area contributed by atoms with E-state index in [-0.39, 0.29) is 0 Å².